The number of rotatable bonds is 5. The van der Waals surface area contributed by atoms with Crippen LogP contribution in [0, 0.1) is 0 Å². The lowest BCUT2D eigenvalue weighted by Gasteiger charge is -2.17. The maximum absolute atomic E-state index is 12.9. The van der Waals surface area contributed by atoms with Gasteiger partial charge in [-0.05, 0) is 19.5 Å². The monoisotopic (exact) mass is 382 g/mol. The van der Waals surface area contributed by atoms with Crippen molar-refractivity contribution in [3.63, 3.8) is 0 Å². The number of carbonyl (C=O) groups excluding carboxylic acids is 1. The molecule has 1 atom stereocenters. The van der Waals surface area contributed by atoms with Gasteiger partial charge < -0.3 is 26.0 Å². The highest BCUT2D eigenvalue weighted by Gasteiger charge is 2.25. The van der Waals surface area contributed by atoms with Crippen LogP contribution in [0.15, 0.2) is 30.7 Å². The van der Waals surface area contributed by atoms with E-state index < -0.39 is 5.91 Å². The summed E-state index contributed by atoms with van der Waals surface area (Å²) < 4.78 is 6.77. The fourth-order valence-electron chi connectivity index (χ4n) is 3.37. The van der Waals surface area contributed by atoms with Gasteiger partial charge in [0.25, 0.3) is 5.91 Å². The van der Waals surface area contributed by atoms with Gasteiger partial charge in [0.2, 0.25) is 0 Å². The first kappa shape index (κ1) is 18.0. The topological polar surface area (TPSA) is 123 Å². The number of pyridine rings is 1. The molecule has 3 aromatic rings. The van der Waals surface area contributed by atoms with Crippen LogP contribution in [0.3, 0.4) is 0 Å². The highest BCUT2D eigenvalue weighted by molar-refractivity contribution is 6.12. The van der Waals surface area contributed by atoms with Gasteiger partial charge in [0.05, 0.1) is 13.3 Å². The first-order valence-electron chi connectivity index (χ1n) is 8.97. The minimum Gasteiger partial charge on any atom is -0.494 e. The molecule has 0 saturated carbocycles. The number of aromatic nitrogens is 4. The Bertz CT molecular complexity index is 1020. The number of anilines is 3. The number of amides is 1. The van der Waals surface area contributed by atoms with E-state index in [-0.39, 0.29) is 11.4 Å². The van der Waals surface area contributed by atoms with Gasteiger partial charge in [0.1, 0.15) is 22.8 Å². The summed E-state index contributed by atoms with van der Waals surface area (Å²) in [6.45, 7) is 1.75. The van der Waals surface area contributed by atoms with E-state index in [2.05, 4.69) is 30.6 Å². The smallest absolute Gasteiger partial charge is 0.263 e. The van der Waals surface area contributed by atoms with E-state index in [4.69, 9.17) is 10.5 Å². The Kier molecular flexibility index (Phi) is 4.70. The number of likely N-dealkylation sites (N-methyl/N-ethyl adjacent to an activating group) is 1. The third-order valence-corrected chi connectivity index (χ3v) is 4.89. The molecule has 28 heavy (non-hydrogen) atoms. The van der Waals surface area contributed by atoms with Gasteiger partial charge in [0.15, 0.2) is 11.5 Å². The van der Waals surface area contributed by atoms with E-state index in [0.29, 0.717) is 23.1 Å². The number of carbonyl (C=O) groups is 1. The van der Waals surface area contributed by atoms with Crippen molar-refractivity contribution in [2.45, 2.75) is 12.5 Å². The van der Waals surface area contributed by atoms with Crippen molar-refractivity contribution < 1.29 is 9.53 Å². The van der Waals surface area contributed by atoms with Crippen molar-refractivity contribution >= 4 is 28.9 Å². The van der Waals surface area contributed by atoms with Crippen LogP contribution in [0.25, 0.3) is 5.65 Å². The maximum Gasteiger partial charge on any atom is 0.263 e. The highest BCUT2D eigenvalue weighted by atomic mass is 16.5. The molecular formula is C18H22N8O2. The lowest BCUT2D eigenvalue weighted by atomic mass is 10.2. The molecule has 4 rings (SSSR count). The SMILES string of the molecule is CNC1CCN(c2ccn3nc(N)c(C(=O)Nc4cnccc4OC)c3n2)C1. The molecule has 10 heteroatoms. The molecule has 1 saturated heterocycles. The van der Waals surface area contributed by atoms with Crippen LogP contribution < -0.4 is 26.0 Å². The molecule has 1 unspecified atom stereocenters. The van der Waals surface area contributed by atoms with E-state index in [1.54, 1.807) is 18.5 Å². The fourth-order valence-corrected chi connectivity index (χ4v) is 3.37. The molecular weight excluding hydrogens is 360 g/mol. The van der Waals surface area contributed by atoms with Gasteiger partial charge >= 0.3 is 0 Å². The summed E-state index contributed by atoms with van der Waals surface area (Å²) in [5, 5.41) is 10.3. The maximum atomic E-state index is 12.9. The minimum absolute atomic E-state index is 0.111. The molecule has 0 radical (unpaired) electrons. The Labute approximate surface area is 161 Å². The zero-order valence-corrected chi connectivity index (χ0v) is 15.7. The first-order valence-corrected chi connectivity index (χ1v) is 8.97. The number of fused-ring (bicyclic) bond motifs is 1. The quantitative estimate of drug-likeness (QED) is 0.591. The number of nitrogens with two attached hydrogens (primary N) is 1. The predicted molar refractivity (Wildman–Crippen MR) is 106 cm³/mol. The van der Waals surface area contributed by atoms with Crippen LogP contribution in [0.1, 0.15) is 16.8 Å². The summed E-state index contributed by atoms with van der Waals surface area (Å²) in [4.78, 5) is 23.8. The predicted octanol–water partition coefficient (Wildman–Crippen LogP) is 0.766. The van der Waals surface area contributed by atoms with Crippen molar-refractivity contribution in [2.75, 3.05) is 43.2 Å². The second-order valence-electron chi connectivity index (χ2n) is 6.56. The van der Waals surface area contributed by atoms with Gasteiger partial charge in [-0.25, -0.2) is 9.50 Å². The molecule has 4 N–H and O–H groups in total. The Balaban J connectivity index is 1.67. The summed E-state index contributed by atoms with van der Waals surface area (Å²) in [5.41, 5.74) is 7.09. The second kappa shape index (κ2) is 7.31. The number of ether oxygens (including phenoxy) is 1. The van der Waals surface area contributed by atoms with Crippen molar-refractivity contribution in [2.24, 2.45) is 0 Å². The van der Waals surface area contributed by atoms with E-state index in [1.165, 1.54) is 17.8 Å². The van der Waals surface area contributed by atoms with E-state index in [1.807, 2.05) is 13.1 Å². The van der Waals surface area contributed by atoms with Gasteiger partial charge in [-0.3, -0.25) is 9.78 Å². The Hall–Kier alpha value is -3.40. The number of methoxy groups -OCH3 is 1. The molecule has 1 aliphatic rings. The number of nitrogen functional groups attached to an aromatic ring is 1. The van der Waals surface area contributed by atoms with Crippen LogP contribution in [0.4, 0.5) is 17.3 Å². The number of hydrogen-bond acceptors (Lipinski definition) is 8. The standard InChI is InChI=1S/C18H22N8O2/c1-20-11-4-7-25(10-11)14-5-8-26-17(23-14)15(16(19)24-26)18(27)22-12-9-21-6-3-13(12)28-2/h3,5-6,8-9,11,20H,4,7,10H2,1-2H3,(H2,19,24)(H,22,27). The Morgan fingerprint density at radius 2 is 2.25 bits per heavy atom. The lowest BCUT2D eigenvalue weighted by molar-refractivity contribution is 0.102. The Morgan fingerprint density at radius 1 is 1.39 bits per heavy atom. The van der Waals surface area contributed by atoms with Crippen molar-refractivity contribution in [1.82, 2.24) is 24.9 Å². The van der Waals surface area contributed by atoms with Gasteiger partial charge in [0, 0.05) is 37.6 Å². The summed E-state index contributed by atoms with van der Waals surface area (Å²) in [6.07, 6.45) is 5.90. The van der Waals surface area contributed by atoms with Crippen LogP contribution >= 0.6 is 0 Å². The summed E-state index contributed by atoms with van der Waals surface area (Å²) in [7, 11) is 3.48. The van der Waals surface area contributed by atoms with Crippen molar-refractivity contribution in [3.05, 3.63) is 36.3 Å². The zero-order chi connectivity index (χ0) is 19.7. The normalized spacial score (nSPS) is 16.5. The fraction of sp³-hybridized carbons (Fsp3) is 0.333. The number of nitrogens with one attached hydrogen (secondary N) is 2. The first-order chi connectivity index (χ1) is 13.6. The van der Waals surface area contributed by atoms with Crippen LogP contribution in [0.2, 0.25) is 0 Å². The number of hydrogen-bond donors (Lipinski definition) is 3. The van der Waals surface area contributed by atoms with E-state index >= 15 is 0 Å². The average molecular weight is 382 g/mol. The molecule has 0 spiro atoms. The Morgan fingerprint density at radius 3 is 3.00 bits per heavy atom. The van der Waals surface area contributed by atoms with Crippen molar-refractivity contribution in [1.29, 1.82) is 0 Å². The van der Waals surface area contributed by atoms with Crippen LogP contribution in [-0.4, -0.2) is 58.8 Å². The van der Waals surface area contributed by atoms with Gasteiger partial charge in [-0.15, -0.1) is 5.10 Å². The van der Waals surface area contributed by atoms with Crippen molar-refractivity contribution in [3.8, 4) is 5.75 Å². The lowest BCUT2D eigenvalue weighted by Crippen LogP contribution is -2.29. The molecule has 146 valence electrons. The third-order valence-electron chi connectivity index (χ3n) is 4.89. The molecule has 0 aromatic carbocycles. The van der Waals surface area contributed by atoms with E-state index in [0.717, 1.165) is 25.3 Å². The molecule has 10 nitrogen and oxygen atoms in total. The molecule has 3 aromatic heterocycles. The van der Waals surface area contributed by atoms with Gasteiger partial charge in [-0.1, -0.05) is 0 Å². The highest BCUT2D eigenvalue weighted by Crippen LogP contribution is 2.26. The van der Waals surface area contributed by atoms with Crippen LogP contribution in [0.5, 0.6) is 5.75 Å². The molecule has 1 aliphatic heterocycles. The molecule has 0 bridgehead atoms. The molecule has 1 amide bonds. The van der Waals surface area contributed by atoms with E-state index in [9.17, 15) is 4.79 Å². The third kappa shape index (κ3) is 3.18. The van der Waals surface area contributed by atoms with Gasteiger partial charge in [-0.2, -0.15) is 0 Å². The summed E-state index contributed by atoms with van der Waals surface area (Å²) in [6, 6.07) is 3.97. The summed E-state index contributed by atoms with van der Waals surface area (Å²) >= 11 is 0. The van der Waals surface area contributed by atoms with Crippen LogP contribution in [-0.2, 0) is 0 Å². The summed E-state index contributed by atoms with van der Waals surface area (Å²) in [5.74, 6) is 0.984. The molecule has 1 fully saturated rings. The zero-order valence-electron chi connectivity index (χ0n) is 15.7. The average Bonchev–Trinajstić information content (AvgIpc) is 3.31. The number of nitrogens with zero attached hydrogens (tertiary/aromatic N) is 5. The minimum atomic E-state index is -0.419. The largest absolute Gasteiger partial charge is 0.494 e. The molecule has 0 aliphatic carbocycles. The second-order valence-corrected chi connectivity index (χ2v) is 6.56. The molecule has 4 heterocycles.